The number of benzene rings is 3. The molecule has 3 aromatic carbocycles. The van der Waals surface area contributed by atoms with Crippen molar-refractivity contribution in [3.05, 3.63) is 87.1 Å². The highest BCUT2D eigenvalue weighted by atomic mass is 17.2. The average molecular weight is 385 g/mol. The summed E-state index contributed by atoms with van der Waals surface area (Å²) in [5.74, 6) is 0. The summed E-state index contributed by atoms with van der Waals surface area (Å²) in [7, 11) is 1.43. The highest BCUT2D eigenvalue weighted by molar-refractivity contribution is 5.94. The monoisotopic (exact) mass is 385 g/mol. The Morgan fingerprint density at radius 1 is 1.00 bits per heavy atom. The quantitative estimate of drug-likeness (QED) is 0.272. The Morgan fingerprint density at radius 2 is 1.69 bits per heavy atom. The Labute approximate surface area is 170 Å². The molecule has 0 aliphatic carbocycles. The van der Waals surface area contributed by atoms with Crippen LogP contribution < -0.4 is 10.4 Å². The van der Waals surface area contributed by atoms with Crippen LogP contribution >= 0.6 is 0 Å². The fourth-order valence-corrected chi connectivity index (χ4v) is 3.48. The Balaban J connectivity index is 2.00. The van der Waals surface area contributed by atoms with Gasteiger partial charge in [-0.2, -0.15) is 10.2 Å². The van der Waals surface area contributed by atoms with E-state index in [9.17, 15) is 0 Å². The molecule has 0 spiro atoms. The van der Waals surface area contributed by atoms with Gasteiger partial charge in [-0.3, -0.25) is 0 Å². The minimum atomic E-state index is 0.116. The first-order chi connectivity index (χ1) is 14.0. The first kappa shape index (κ1) is 20.4. The molecular weight excluding hydrogens is 362 g/mol. The van der Waals surface area contributed by atoms with E-state index in [0.29, 0.717) is 5.70 Å². The summed E-state index contributed by atoms with van der Waals surface area (Å²) in [5, 5.41) is 12.8. The third-order valence-electron chi connectivity index (χ3n) is 4.78. The molecule has 5 heteroatoms. The second-order valence-electron chi connectivity index (χ2n) is 6.81. The normalized spacial score (nSPS) is 11.0. The Kier molecular flexibility index (Phi) is 6.50. The first-order valence-corrected chi connectivity index (χ1v) is 9.28. The predicted octanol–water partition coefficient (Wildman–Crippen LogP) is 4.89. The van der Waals surface area contributed by atoms with Crippen LogP contribution in [-0.2, 0) is 9.78 Å². The molecule has 0 amide bonds. The summed E-state index contributed by atoms with van der Waals surface area (Å²) in [6.45, 7) is 13.6. The molecule has 29 heavy (non-hydrogen) atoms. The van der Waals surface area contributed by atoms with Crippen LogP contribution in [0, 0.1) is 27.3 Å². The molecule has 3 aromatic rings. The Bertz CT molecular complexity index is 1210. The van der Waals surface area contributed by atoms with Crippen molar-refractivity contribution in [1.82, 2.24) is 0 Å². The molecule has 0 atom stereocenters. The molecule has 0 aromatic heterocycles. The summed E-state index contributed by atoms with van der Waals surface area (Å²) in [5.41, 5.74) is 4.54. The number of hydrogen-bond donors (Lipinski definition) is 0. The van der Waals surface area contributed by atoms with Gasteiger partial charge < -0.3 is 0 Å². The van der Waals surface area contributed by atoms with Gasteiger partial charge in [0.15, 0.2) is 0 Å². The van der Waals surface area contributed by atoms with Crippen molar-refractivity contribution in [2.24, 2.45) is 10.2 Å². The highest BCUT2D eigenvalue weighted by Gasteiger charge is 2.05. The SMILES string of the molecule is [C-]#[N+]C(COOC)=c1c(C)cc(=CN=Nc2ccc(C)c3ccccc23)cc1C. The lowest BCUT2D eigenvalue weighted by Crippen LogP contribution is -2.20. The van der Waals surface area contributed by atoms with E-state index in [-0.39, 0.29) is 6.61 Å². The molecule has 0 fully saturated rings. The lowest BCUT2D eigenvalue weighted by atomic mass is 10.0. The molecular formula is C24H23N3O2. The molecule has 3 rings (SSSR count). The van der Waals surface area contributed by atoms with Gasteiger partial charge in [-0.15, -0.1) is 0 Å². The maximum atomic E-state index is 7.42. The van der Waals surface area contributed by atoms with Crippen molar-refractivity contribution < 1.29 is 9.78 Å². The largest absolute Gasteiger partial charge is 0.243 e. The molecule has 0 aliphatic rings. The lowest BCUT2D eigenvalue weighted by molar-refractivity contribution is -0.261. The van der Waals surface area contributed by atoms with Crippen molar-refractivity contribution in [2.75, 3.05) is 13.7 Å². The van der Waals surface area contributed by atoms with E-state index in [1.807, 2.05) is 44.2 Å². The zero-order valence-corrected chi connectivity index (χ0v) is 17.1. The smallest absolute Gasteiger partial charge is 0.201 e. The topological polar surface area (TPSA) is 47.5 Å². The Morgan fingerprint density at radius 3 is 2.34 bits per heavy atom. The standard InChI is InChI=1S/C24H23N3O2/c1-16-10-11-22(21-9-7-6-8-20(16)21)27-26-14-19-12-17(2)24(18(3)13-19)23(25-4)15-29-28-5/h6-14H,15H2,1-3,5H3. The maximum Gasteiger partial charge on any atom is 0.201 e. The summed E-state index contributed by atoms with van der Waals surface area (Å²) in [6, 6.07) is 16.2. The molecule has 0 unspecified atom stereocenters. The van der Waals surface area contributed by atoms with Gasteiger partial charge in [0.1, 0.15) is 6.61 Å². The van der Waals surface area contributed by atoms with Gasteiger partial charge in [0.2, 0.25) is 5.70 Å². The van der Waals surface area contributed by atoms with Crippen LogP contribution in [0.4, 0.5) is 5.69 Å². The van der Waals surface area contributed by atoms with E-state index in [2.05, 4.69) is 45.1 Å². The number of fused-ring (bicyclic) bond motifs is 1. The zero-order valence-electron chi connectivity index (χ0n) is 17.1. The second-order valence-corrected chi connectivity index (χ2v) is 6.81. The van der Waals surface area contributed by atoms with E-state index >= 15 is 0 Å². The van der Waals surface area contributed by atoms with Crippen LogP contribution in [0.15, 0.2) is 58.8 Å². The van der Waals surface area contributed by atoms with Gasteiger partial charge in [0.25, 0.3) is 0 Å². The third-order valence-corrected chi connectivity index (χ3v) is 4.78. The maximum absolute atomic E-state index is 7.42. The van der Waals surface area contributed by atoms with Gasteiger partial charge in [-0.1, -0.05) is 53.6 Å². The van der Waals surface area contributed by atoms with Crippen LogP contribution in [0.5, 0.6) is 0 Å². The highest BCUT2D eigenvalue weighted by Crippen LogP contribution is 2.28. The van der Waals surface area contributed by atoms with E-state index in [1.54, 1.807) is 6.20 Å². The second kappa shape index (κ2) is 9.24. The number of nitrogens with zero attached hydrogens (tertiary/aromatic N) is 3. The molecule has 0 saturated heterocycles. The summed E-state index contributed by atoms with van der Waals surface area (Å²) in [6.07, 6.45) is 1.74. The van der Waals surface area contributed by atoms with Crippen LogP contribution in [0.3, 0.4) is 0 Å². The third kappa shape index (κ3) is 4.57. The van der Waals surface area contributed by atoms with Crippen LogP contribution in [-0.4, -0.2) is 13.7 Å². The van der Waals surface area contributed by atoms with Gasteiger partial charge >= 0.3 is 0 Å². The van der Waals surface area contributed by atoms with Crippen molar-refractivity contribution in [3.63, 3.8) is 0 Å². The first-order valence-electron chi connectivity index (χ1n) is 9.28. The molecule has 146 valence electrons. The summed E-state index contributed by atoms with van der Waals surface area (Å²) in [4.78, 5) is 13.2. The fourth-order valence-electron chi connectivity index (χ4n) is 3.48. The summed E-state index contributed by atoms with van der Waals surface area (Å²) < 4.78 is 0. The fraction of sp³-hybridized carbons (Fsp3) is 0.208. The molecule has 0 radical (unpaired) electrons. The van der Waals surface area contributed by atoms with Gasteiger partial charge in [-0.05, 0) is 48.2 Å². The number of hydrogen-bond acceptors (Lipinski definition) is 4. The van der Waals surface area contributed by atoms with Gasteiger partial charge in [-0.25, -0.2) is 14.6 Å². The molecule has 0 heterocycles. The average Bonchev–Trinajstić information content (AvgIpc) is 2.72. The number of azo groups is 1. The van der Waals surface area contributed by atoms with Gasteiger partial charge in [0, 0.05) is 5.39 Å². The number of aryl methyl sites for hydroxylation is 3. The van der Waals surface area contributed by atoms with Crippen molar-refractivity contribution in [3.8, 4) is 0 Å². The van der Waals surface area contributed by atoms with Gasteiger partial charge in [0.05, 0.1) is 25.6 Å². The van der Waals surface area contributed by atoms with E-state index in [0.717, 1.165) is 32.6 Å². The number of rotatable bonds is 5. The van der Waals surface area contributed by atoms with Crippen LogP contribution in [0.2, 0.25) is 0 Å². The summed E-state index contributed by atoms with van der Waals surface area (Å²) >= 11 is 0. The van der Waals surface area contributed by atoms with E-state index in [4.69, 9.17) is 11.5 Å². The van der Waals surface area contributed by atoms with E-state index < -0.39 is 0 Å². The van der Waals surface area contributed by atoms with Crippen molar-refractivity contribution in [1.29, 1.82) is 0 Å². The predicted molar refractivity (Wildman–Crippen MR) is 116 cm³/mol. The molecule has 0 aliphatic heterocycles. The van der Waals surface area contributed by atoms with Crippen LogP contribution in [0.25, 0.3) is 27.5 Å². The van der Waals surface area contributed by atoms with Crippen molar-refractivity contribution in [2.45, 2.75) is 20.8 Å². The molecule has 0 bridgehead atoms. The minimum Gasteiger partial charge on any atom is -0.243 e. The van der Waals surface area contributed by atoms with Crippen LogP contribution in [0.1, 0.15) is 16.7 Å². The van der Waals surface area contributed by atoms with E-state index in [1.165, 1.54) is 18.1 Å². The molecule has 0 saturated carbocycles. The zero-order chi connectivity index (χ0) is 20.8. The van der Waals surface area contributed by atoms with Crippen molar-refractivity contribution >= 4 is 28.4 Å². The molecule has 5 nitrogen and oxygen atoms in total. The lowest BCUT2D eigenvalue weighted by Gasteiger charge is -2.05. The Hall–Kier alpha value is -3.33. The minimum absolute atomic E-state index is 0.116. The molecule has 0 N–H and O–H groups in total.